The van der Waals surface area contributed by atoms with Gasteiger partial charge in [-0.3, -0.25) is 4.79 Å². The highest BCUT2D eigenvalue weighted by Crippen LogP contribution is 2.33. The van der Waals surface area contributed by atoms with Gasteiger partial charge in [-0.25, -0.2) is 0 Å². The van der Waals surface area contributed by atoms with Gasteiger partial charge < -0.3 is 89.9 Å². The van der Waals surface area contributed by atoms with E-state index in [1.54, 1.807) is 6.08 Å². The number of hydrogen-bond acceptors (Lipinski definition) is 18. The summed E-state index contributed by atoms with van der Waals surface area (Å²) in [5.41, 5.74) is 0. The number of unbranched alkanes of at least 4 members (excludes halogenated alkanes) is 20. The van der Waals surface area contributed by atoms with Gasteiger partial charge in [0.15, 0.2) is 18.9 Å². The second kappa shape index (κ2) is 37.1. The van der Waals surface area contributed by atoms with Crippen molar-refractivity contribution in [3.8, 4) is 0 Å². The van der Waals surface area contributed by atoms with Crippen LogP contribution in [-0.2, 0) is 33.2 Å². The van der Waals surface area contributed by atoms with E-state index in [-0.39, 0.29) is 18.9 Å². The van der Waals surface area contributed by atoms with Gasteiger partial charge in [-0.15, -0.1) is 0 Å². The van der Waals surface area contributed by atoms with E-state index in [0.29, 0.717) is 12.8 Å². The highest BCUT2D eigenvalue weighted by atomic mass is 16.8. The standard InChI is InChI=1S/C52H95NO18/c1-3-5-7-8-9-10-11-12-13-14-15-16-17-18-19-20-21-22-23-24-25-26-28-29-36(57)35(53-40(58)30-27-6-4-2)34-66-50-46(64)43(61)48(38(32-55)68-50)71-52-47(65)44(62)49(39(33-56)69-52)70-51-45(63)42(60)41(59)37(31-54)67-51/h23-24,28-29,35-39,41-52,54-57,59-65H,3-22,25-27,30-34H2,1-2H3,(H,53,58)/b24-23+,29-28+. The number of allylic oxidation sites excluding steroid dienone is 3. The largest absolute Gasteiger partial charge is 0.394 e. The molecule has 19 heteroatoms. The van der Waals surface area contributed by atoms with Gasteiger partial charge in [-0.2, -0.15) is 0 Å². The number of ether oxygens (including phenoxy) is 6. The van der Waals surface area contributed by atoms with Crippen molar-refractivity contribution in [1.82, 2.24) is 5.32 Å². The third kappa shape index (κ3) is 22.6. The molecule has 0 aromatic heterocycles. The van der Waals surface area contributed by atoms with Crippen molar-refractivity contribution in [1.29, 1.82) is 0 Å². The third-order valence-corrected chi connectivity index (χ3v) is 13.8. The first-order chi connectivity index (χ1) is 34.3. The predicted molar refractivity (Wildman–Crippen MR) is 263 cm³/mol. The summed E-state index contributed by atoms with van der Waals surface area (Å²) in [6.45, 7) is 1.49. The Bertz CT molecular complexity index is 1410. The molecule has 1 amide bonds. The lowest BCUT2D eigenvalue weighted by atomic mass is 9.96. The molecular weight excluding hydrogens is 927 g/mol. The minimum absolute atomic E-state index is 0.222. The molecule has 0 aromatic rings. The fourth-order valence-electron chi connectivity index (χ4n) is 9.20. The second-order valence-electron chi connectivity index (χ2n) is 19.7. The van der Waals surface area contributed by atoms with Gasteiger partial charge in [0, 0.05) is 6.42 Å². The molecule has 0 saturated carbocycles. The molecule has 3 fully saturated rings. The van der Waals surface area contributed by atoms with Gasteiger partial charge in [-0.05, 0) is 32.1 Å². The van der Waals surface area contributed by atoms with Crippen molar-refractivity contribution in [2.75, 3.05) is 26.4 Å². The molecule has 19 nitrogen and oxygen atoms in total. The molecule has 12 N–H and O–H groups in total. The van der Waals surface area contributed by atoms with Crippen molar-refractivity contribution < 1.29 is 89.4 Å². The van der Waals surface area contributed by atoms with E-state index >= 15 is 0 Å². The molecule has 3 rings (SSSR count). The molecule has 0 bridgehead atoms. The molecule has 17 unspecified atom stereocenters. The quantitative estimate of drug-likeness (QED) is 0.0313. The monoisotopic (exact) mass is 1020 g/mol. The first kappa shape index (κ1) is 63.6. The zero-order chi connectivity index (χ0) is 52.0. The predicted octanol–water partition coefficient (Wildman–Crippen LogP) is 2.81. The zero-order valence-electron chi connectivity index (χ0n) is 42.7. The highest BCUT2D eigenvalue weighted by Gasteiger charge is 2.53. The van der Waals surface area contributed by atoms with Crippen LogP contribution in [0.15, 0.2) is 24.3 Å². The molecular formula is C52H95NO18. The SMILES string of the molecule is CCCCCCCCCCCCCCCCCCC/C=C/CC/C=C/C(O)C(COC1OC(CO)C(OC2OC(CO)C(OC3OC(CO)C(O)C(O)C3O)C(O)C2O)C(O)C1O)NC(=O)CCCCC. The molecule has 71 heavy (non-hydrogen) atoms. The summed E-state index contributed by atoms with van der Waals surface area (Å²) in [6, 6.07) is -0.981. The average molecular weight is 1020 g/mol. The smallest absolute Gasteiger partial charge is 0.220 e. The lowest BCUT2D eigenvalue weighted by Gasteiger charge is -2.48. The van der Waals surface area contributed by atoms with Crippen molar-refractivity contribution >= 4 is 5.91 Å². The van der Waals surface area contributed by atoms with Crippen molar-refractivity contribution in [2.45, 2.75) is 272 Å². The second-order valence-corrected chi connectivity index (χ2v) is 19.7. The van der Waals surface area contributed by atoms with Gasteiger partial charge in [-0.1, -0.05) is 154 Å². The van der Waals surface area contributed by atoms with E-state index in [1.807, 2.05) is 13.0 Å². The Labute approximate surface area is 422 Å². The molecule has 0 aliphatic carbocycles. The normalized spacial score (nSPS) is 32.4. The molecule has 17 atom stereocenters. The van der Waals surface area contributed by atoms with E-state index in [2.05, 4.69) is 24.4 Å². The highest BCUT2D eigenvalue weighted by molar-refractivity contribution is 5.76. The summed E-state index contributed by atoms with van der Waals surface area (Å²) < 4.78 is 33.9. The van der Waals surface area contributed by atoms with Gasteiger partial charge in [0.2, 0.25) is 5.91 Å². The number of rotatable bonds is 38. The zero-order valence-corrected chi connectivity index (χ0v) is 42.7. The van der Waals surface area contributed by atoms with Crippen LogP contribution < -0.4 is 5.32 Å². The lowest BCUT2D eigenvalue weighted by molar-refractivity contribution is -0.379. The first-order valence-electron chi connectivity index (χ1n) is 27.1. The van der Waals surface area contributed by atoms with Crippen LogP contribution in [-0.4, -0.2) is 193 Å². The lowest BCUT2D eigenvalue weighted by Crippen LogP contribution is -2.66. The molecule has 3 aliphatic rings. The van der Waals surface area contributed by atoms with Crippen molar-refractivity contribution in [2.24, 2.45) is 0 Å². The van der Waals surface area contributed by atoms with E-state index in [1.165, 1.54) is 103 Å². The molecule has 3 saturated heterocycles. The van der Waals surface area contributed by atoms with Gasteiger partial charge >= 0.3 is 0 Å². The number of nitrogens with one attached hydrogen (secondary N) is 1. The van der Waals surface area contributed by atoms with Crippen LogP contribution in [0.3, 0.4) is 0 Å². The number of aliphatic hydroxyl groups excluding tert-OH is 11. The summed E-state index contributed by atoms with van der Waals surface area (Å²) in [5, 5.41) is 119. The fourth-order valence-corrected chi connectivity index (χ4v) is 9.20. The maximum absolute atomic E-state index is 12.9. The van der Waals surface area contributed by atoms with E-state index in [0.717, 1.165) is 32.1 Å². The van der Waals surface area contributed by atoms with E-state index < -0.39 is 124 Å². The topological polar surface area (TPSA) is 307 Å². The number of carbonyl (C=O) groups excluding carboxylic acids is 1. The van der Waals surface area contributed by atoms with Crippen LogP contribution in [0.25, 0.3) is 0 Å². The van der Waals surface area contributed by atoms with Crippen LogP contribution in [0.5, 0.6) is 0 Å². The molecule has 3 heterocycles. The number of hydrogen-bond donors (Lipinski definition) is 12. The molecule has 0 spiro atoms. The molecule has 0 radical (unpaired) electrons. The van der Waals surface area contributed by atoms with Crippen LogP contribution in [0.4, 0.5) is 0 Å². The van der Waals surface area contributed by atoms with Crippen LogP contribution in [0, 0.1) is 0 Å². The Morgan fingerprint density at radius 1 is 0.493 bits per heavy atom. The van der Waals surface area contributed by atoms with Gasteiger partial charge in [0.05, 0.1) is 38.6 Å². The molecule has 0 aromatic carbocycles. The summed E-state index contributed by atoms with van der Waals surface area (Å²) in [5.74, 6) is -0.311. The van der Waals surface area contributed by atoms with Crippen molar-refractivity contribution in [3.63, 3.8) is 0 Å². The summed E-state index contributed by atoms with van der Waals surface area (Å²) in [7, 11) is 0. The maximum Gasteiger partial charge on any atom is 0.220 e. The van der Waals surface area contributed by atoms with Crippen LogP contribution in [0.2, 0.25) is 0 Å². The maximum atomic E-state index is 12.9. The Morgan fingerprint density at radius 2 is 0.901 bits per heavy atom. The minimum atomic E-state index is -1.98. The average Bonchev–Trinajstić information content (AvgIpc) is 3.36. The summed E-state index contributed by atoms with van der Waals surface area (Å²) in [4.78, 5) is 12.9. The first-order valence-corrected chi connectivity index (χ1v) is 27.1. The Balaban J connectivity index is 1.43. The van der Waals surface area contributed by atoms with Gasteiger partial charge in [0.25, 0.3) is 0 Å². The third-order valence-electron chi connectivity index (χ3n) is 13.8. The van der Waals surface area contributed by atoms with E-state index in [4.69, 9.17) is 28.4 Å². The number of carbonyl (C=O) groups is 1. The summed E-state index contributed by atoms with van der Waals surface area (Å²) in [6.07, 6.45) is 8.80. The van der Waals surface area contributed by atoms with E-state index in [9.17, 15) is 61.0 Å². The van der Waals surface area contributed by atoms with Crippen LogP contribution >= 0.6 is 0 Å². The van der Waals surface area contributed by atoms with Crippen LogP contribution in [0.1, 0.15) is 168 Å². The Hall–Kier alpha value is -1.73. The Morgan fingerprint density at radius 3 is 1.41 bits per heavy atom. The Kier molecular flexibility index (Phi) is 33.2. The number of amides is 1. The minimum Gasteiger partial charge on any atom is -0.394 e. The van der Waals surface area contributed by atoms with Crippen molar-refractivity contribution in [3.05, 3.63) is 24.3 Å². The summed E-state index contributed by atoms with van der Waals surface area (Å²) >= 11 is 0. The molecule has 3 aliphatic heterocycles. The fraction of sp³-hybridized carbons (Fsp3) is 0.904. The number of aliphatic hydroxyl groups is 11. The van der Waals surface area contributed by atoms with Gasteiger partial charge in [0.1, 0.15) is 73.2 Å². The molecule has 416 valence electrons.